The molecule has 0 fully saturated rings. The van der Waals surface area contributed by atoms with E-state index < -0.39 is 0 Å². The molecular weight excluding hydrogens is 310 g/mol. The molecule has 0 N–H and O–H groups in total. The van der Waals surface area contributed by atoms with E-state index in [2.05, 4.69) is 6.92 Å². The molecular formula is C22H25NO2. The number of benzene rings is 1. The van der Waals surface area contributed by atoms with Crippen molar-refractivity contribution in [3.8, 4) is 11.1 Å². The van der Waals surface area contributed by atoms with Gasteiger partial charge in [-0.15, -0.1) is 0 Å². The van der Waals surface area contributed by atoms with Gasteiger partial charge in [0.2, 0.25) is 0 Å². The maximum Gasteiger partial charge on any atom is 0.262 e. The molecule has 1 aromatic heterocycles. The van der Waals surface area contributed by atoms with E-state index in [1.165, 1.54) is 18.2 Å². The van der Waals surface area contributed by atoms with E-state index in [0.717, 1.165) is 56.2 Å². The van der Waals surface area contributed by atoms with Crippen molar-refractivity contribution in [2.24, 2.45) is 0 Å². The van der Waals surface area contributed by atoms with Crippen LogP contribution in [0.2, 0.25) is 0 Å². The van der Waals surface area contributed by atoms with E-state index in [-0.39, 0.29) is 16.8 Å². The summed E-state index contributed by atoms with van der Waals surface area (Å²) in [6.07, 6.45) is 6.50. The first kappa shape index (κ1) is 16.3. The first-order valence-electron chi connectivity index (χ1n) is 9.45. The van der Waals surface area contributed by atoms with Gasteiger partial charge < -0.3 is 4.57 Å². The van der Waals surface area contributed by atoms with Crippen LogP contribution < -0.4 is 5.56 Å². The minimum atomic E-state index is -0.117. The van der Waals surface area contributed by atoms with Gasteiger partial charge in [-0.3, -0.25) is 9.59 Å². The predicted molar refractivity (Wildman–Crippen MR) is 100 cm³/mol. The number of pyridine rings is 1. The summed E-state index contributed by atoms with van der Waals surface area (Å²) in [5.41, 5.74) is 4.82. The van der Waals surface area contributed by atoms with Crippen molar-refractivity contribution in [2.45, 2.75) is 64.3 Å². The minimum absolute atomic E-state index is 0.0791. The van der Waals surface area contributed by atoms with Gasteiger partial charge in [0.25, 0.3) is 5.56 Å². The largest absolute Gasteiger partial charge is 0.311 e. The second-order valence-corrected chi connectivity index (χ2v) is 7.55. The second kappa shape index (κ2) is 5.98. The number of hydrogen-bond acceptors (Lipinski definition) is 2. The molecule has 1 aromatic carbocycles. The van der Waals surface area contributed by atoms with Gasteiger partial charge in [0.15, 0.2) is 5.78 Å². The third-order valence-corrected chi connectivity index (χ3v) is 6.28. The van der Waals surface area contributed by atoms with Gasteiger partial charge in [-0.25, -0.2) is 0 Å². The molecule has 1 aliphatic heterocycles. The Morgan fingerprint density at radius 2 is 1.88 bits per heavy atom. The number of Topliss-reactive ketones (excluding diaryl/α,β-unsaturated/α-hetero) is 1. The molecule has 3 heteroatoms. The lowest BCUT2D eigenvalue weighted by atomic mass is 9.65. The molecule has 2 aromatic rings. The fraction of sp³-hybridized carbons (Fsp3) is 0.455. The summed E-state index contributed by atoms with van der Waals surface area (Å²) in [5.74, 6) is -0.117. The van der Waals surface area contributed by atoms with Crippen LogP contribution in [0.5, 0.6) is 0 Å². The normalized spacial score (nSPS) is 21.7. The standard InChI is InChI=1S/C22H25NO2/c1-3-22-12-7-11-17-19(16-9-5-4-6-10-16)18(15(2)24)21(25)23(20(17)22)14-8-13-22/h4-6,9-10H,3,7-8,11-14H2,1-2H3. The molecule has 2 heterocycles. The number of rotatable bonds is 3. The smallest absolute Gasteiger partial charge is 0.262 e. The molecule has 4 rings (SSSR count). The van der Waals surface area contributed by atoms with Gasteiger partial charge in [0.05, 0.1) is 5.56 Å². The molecule has 0 bridgehead atoms. The van der Waals surface area contributed by atoms with Gasteiger partial charge in [0, 0.05) is 23.2 Å². The highest BCUT2D eigenvalue weighted by atomic mass is 16.1. The number of hydrogen-bond donors (Lipinski definition) is 0. The molecule has 0 radical (unpaired) electrons. The molecule has 3 nitrogen and oxygen atoms in total. The highest BCUT2D eigenvalue weighted by Crippen LogP contribution is 2.48. The molecule has 1 unspecified atom stereocenters. The maximum absolute atomic E-state index is 13.3. The molecule has 130 valence electrons. The van der Waals surface area contributed by atoms with Crippen molar-refractivity contribution < 1.29 is 4.79 Å². The van der Waals surface area contributed by atoms with Gasteiger partial charge in [0.1, 0.15) is 0 Å². The van der Waals surface area contributed by atoms with Gasteiger partial charge >= 0.3 is 0 Å². The van der Waals surface area contributed by atoms with Crippen LogP contribution in [0, 0.1) is 0 Å². The summed E-state index contributed by atoms with van der Waals surface area (Å²) in [6.45, 7) is 4.52. The van der Waals surface area contributed by atoms with Crippen LogP contribution in [0.4, 0.5) is 0 Å². The van der Waals surface area contributed by atoms with Crippen molar-refractivity contribution in [1.82, 2.24) is 4.57 Å². The first-order valence-corrected chi connectivity index (χ1v) is 9.45. The SMILES string of the molecule is CCC12CCCc3c(-c4ccccc4)c(C(C)=O)c(=O)n(c31)CCC2. The fourth-order valence-electron chi connectivity index (χ4n) is 5.15. The lowest BCUT2D eigenvalue weighted by molar-refractivity contribution is 0.101. The van der Waals surface area contributed by atoms with Crippen LogP contribution in [-0.4, -0.2) is 10.4 Å². The number of carbonyl (C=O) groups excluding carboxylic acids is 1. The Hall–Kier alpha value is -2.16. The first-order chi connectivity index (χ1) is 12.1. The van der Waals surface area contributed by atoms with E-state index in [1.54, 1.807) is 0 Å². The third-order valence-electron chi connectivity index (χ3n) is 6.28. The summed E-state index contributed by atoms with van der Waals surface area (Å²) in [6, 6.07) is 10.0. The predicted octanol–water partition coefficient (Wildman–Crippen LogP) is 4.50. The van der Waals surface area contributed by atoms with Crippen molar-refractivity contribution in [2.75, 3.05) is 0 Å². The molecule has 0 saturated carbocycles. The Morgan fingerprint density at radius 3 is 2.56 bits per heavy atom. The maximum atomic E-state index is 13.3. The van der Waals surface area contributed by atoms with E-state index >= 15 is 0 Å². The quantitative estimate of drug-likeness (QED) is 0.775. The number of aromatic nitrogens is 1. The zero-order valence-corrected chi connectivity index (χ0v) is 15.1. The highest BCUT2D eigenvalue weighted by molar-refractivity contribution is 6.01. The van der Waals surface area contributed by atoms with Crippen LogP contribution >= 0.6 is 0 Å². The minimum Gasteiger partial charge on any atom is -0.311 e. The number of carbonyl (C=O) groups is 1. The van der Waals surface area contributed by atoms with Gasteiger partial charge in [-0.1, -0.05) is 37.3 Å². The van der Waals surface area contributed by atoms with Crippen LogP contribution in [0.3, 0.4) is 0 Å². The summed E-state index contributed by atoms with van der Waals surface area (Å²) in [5, 5.41) is 0. The zero-order chi connectivity index (χ0) is 17.6. The van der Waals surface area contributed by atoms with E-state index in [1.807, 2.05) is 34.9 Å². The highest BCUT2D eigenvalue weighted by Gasteiger charge is 2.42. The van der Waals surface area contributed by atoms with E-state index in [0.29, 0.717) is 5.56 Å². The summed E-state index contributed by atoms with van der Waals surface area (Å²) in [7, 11) is 0. The number of ketones is 1. The Morgan fingerprint density at radius 1 is 1.16 bits per heavy atom. The van der Waals surface area contributed by atoms with Crippen molar-refractivity contribution in [3.63, 3.8) is 0 Å². The van der Waals surface area contributed by atoms with Crippen LogP contribution in [0.25, 0.3) is 11.1 Å². The van der Waals surface area contributed by atoms with E-state index in [4.69, 9.17) is 0 Å². The van der Waals surface area contributed by atoms with Crippen molar-refractivity contribution in [1.29, 1.82) is 0 Å². The third kappa shape index (κ3) is 2.32. The second-order valence-electron chi connectivity index (χ2n) is 7.55. The molecule has 1 atom stereocenters. The summed E-state index contributed by atoms with van der Waals surface area (Å²) in [4.78, 5) is 25.7. The Balaban J connectivity index is 2.15. The fourth-order valence-corrected chi connectivity index (χ4v) is 5.15. The van der Waals surface area contributed by atoms with Crippen LogP contribution in [-0.2, 0) is 18.4 Å². The average Bonchev–Trinajstić information content (AvgIpc) is 2.64. The molecule has 0 amide bonds. The summed E-state index contributed by atoms with van der Waals surface area (Å²) < 4.78 is 1.95. The van der Waals surface area contributed by atoms with Crippen molar-refractivity contribution >= 4 is 5.78 Å². The van der Waals surface area contributed by atoms with Crippen LogP contribution in [0.1, 0.15) is 67.6 Å². The topological polar surface area (TPSA) is 39.1 Å². The molecule has 2 aliphatic rings. The lowest BCUT2D eigenvalue weighted by Crippen LogP contribution is -2.44. The van der Waals surface area contributed by atoms with E-state index in [9.17, 15) is 9.59 Å². The Bertz CT molecular complexity index is 890. The molecule has 1 aliphatic carbocycles. The average molecular weight is 335 g/mol. The lowest BCUT2D eigenvalue weighted by Gasteiger charge is -2.44. The van der Waals surface area contributed by atoms with Gasteiger partial charge in [-0.2, -0.15) is 0 Å². The van der Waals surface area contributed by atoms with Gasteiger partial charge in [-0.05, 0) is 56.6 Å². The molecule has 0 saturated heterocycles. The van der Waals surface area contributed by atoms with Crippen LogP contribution in [0.15, 0.2) is 35.1 Å². The Labute approximate surface area is 148 Å². The zero-order valence-electron chi connectivity index (χ0n) is 15.1. The van der Waals surface area contributed by atoms with Crippen molar-refractivity contribution in [3.05, 3.63) is 57.5 Å². The molecule has 25 heavy (non-hydrogen) atoms. The number of nitrogens with zero attached hydrogens (tertiary/aromatic N) is 1. The Kier molecular flexibility index (Phi) is 3.90. The summed E-state index contributed by atoms with van der Waals surface area (Å²) >= 11 is 0. The molecule has 0 spiro atoms. The monoisotopic (exact) mass is 335 g/mol.